The van der Waals surface area contributed by atoms with Crippen molar-refractivity contribution in [3.63, 3.8) is 0 Å². The van der Waals surface area contributed by atoms with Crippen LogP contribution in [0, 0.1) is 11.8 Å². The Hall–Kier alpha value is -2.15. The number of nitrogens with zero attached hydrogens (tertiary/aromatic N) is 4. The number of aromatic nitrogens is 3. The number of amides is 1. The molecule has 7 heteroatoms. The van der Waals surface area contributed by atoms with Crippen LogP contribution in [-0.4, -0.2) is 49.9 Å². The van der Waals surface area contributed by atoms with Crippen LogP contribution in [0.5, 0.6) is 0 Å². The van der Waals surface area contributed by atoms with Crippen molar-refractivity contribution in [3.8, 4) is 0 Å². The number of hydrogen-bond donors (Lipinski definition) is 1. The maximum absolute atomic E-state index is 13.2. The van der Waals surface area contributed by atoms with Crippen LogP contribution < -0.4 is 5.56 Å². The van der Waals surface area contributed by atoms with Crippen LogP contribution >= 0.6 is 0 Å². The SMILES string of the molecule is CC(C)C(=O)N1CCCCC1c1cc2nc3c(c(=O)n2[nH]1)CN(CC1CC1)CC3. The van der Waals surface area contributed by atoms with Crippen LogP contribution in [0.1, 0.15) is 68.9 Å². The Bertz CT molecular complexity index is 987. The van der Waals surface area contributed by atoms with Gasteiger partial charge in [-0.2, -0.15) is 0 Å². The molecule has 2 aliphatic heterocycles. The molecule has 2 fully saturated rings. The summed E-state index contributed by atoms with van der Waals surface area (Å²) in [6, 6.07) is 1.98. The zero-order chi connectivity index (χ0) is 20.1. The van der Waals surface area contributed by atoms with E-state index >= 15 is 0 Å². The Morgan fingerprint density at radius 3 is 2.83 bits per heavy atom. The predicted octanol–water partition coefficient (Wildman–Crippen LogP) is 2.50. The van der Waals surface area contributed by atoms with Gasteiger partial charge < -0.3 is 4.90 Å². The topological polar surface area (TPSA) is 73.7 Å². The van der Waals surface area contributed by atoms with E-state index in [1.165, 1.54) is 12.8 Å². The quantitative estimate of drug-likeness (QED) is 0.860. The minimum atomic E-state index is -0.0226. The predicted molar refractivity (Wildman–Crippen MR) is 111 cm³/mol. The molecule has 7 nitrogen and oxygen atoms in total. The van der Waals surface area contributed by atoms with E-state index < -0.39 is 0 Å². The molecule has 156 valence electrons. The van der Waals surface area contributed by atoms with Crippen molar-refractivity contribution in [2.24, 2.45) is 11.8 Å². The average Bonchev–Trinajstić information content (AvgIpc) is 3.43. The third-order valence-electron chi connectivity index (χ3n) is 6.71. The minimum absolute atomic E-state index is 0.00291. The highest BCUT2D eigenvalue weighted by atomic mass is 16.2. The van der Waals surface area contributed by atoms with E-state index in [1.54, 1.807) is 4.52 Å². The Balaban J connectivity index is 1.48. The van der Waals surface area contributed by atoms with Gasteiger partial charge in [-0.1, -0.05) is 13.8 Å². The first kappa shape index (κ1) is 18.9. The number of carbonyl (C=O) groups excluding carboxylic acids is 1. The van der Waals surface area contributed by atoms with Crippen molar-refractivity contribution in [1.29, 1.82) is 0 Å². The van der Waals surface area contributed by atoms with Crippen molar-refractivity contribution < 1.29 is 4.79 Å². The molecule has 1 amide bonds. The zero-order valence-corrected chi connectivity index (χ0v) is 17.5. The number of piperidine rings is 1. The van der Waals surface area contributed by atoms with Crippen molar-refractivity contribution in [1.82, 2.24) is 24.4 Å². The van der Waals surface area contributed by atoms with Crippen molar-refractivity contribution in [2.45, 2.75) is 65.0 Å². The molecule has 1 aliphatic carbocycles. The summed E-state index contributed by atoms with van der Waals surface area (Å²) in [6.45, 7) is 7.48. The molecule has 1 atom stereocenters. The summed E-state index contributed by atoms with van der Waals surface area (Å²) in [4.78, 5) is 35.2. The molecule has 4 heterocycles. The molecule has 1 unspecified atom stereocenters. The lowest BCUT2D eigenvalue weighted by Gasteiger charge is -2.36. The smallest absolute Gasteiger partial charge is 0.277 e. The highest BCUT2D eigenvalue weighted by Crippen LogP contribution is 2.33. The van der Waals surface area contributed by atoms with E-state index in [-0.39, 0.29) is 23.4 Å². The molecule has 1 saturated heterocycles. The molecule has 29 heavy (non-hydrogen) atoms. The summed E-state index contributed by atoms with van der Waals surface area (Å²) in [5.41, 5.74) is 3.42. The third-order valence-corrected chi connectivity index (χ3v) is 6.71. The van der Waals surface area contributed by atoms with Gasteiger partial charge in [-0.3, -0.25) is 19.6 Å². The fourth-order valence-electron chi connectivity index (χ4n) is 4.90. The third kappa shape index (κ3) is 3.50. The maximum atomic E-state index is 13.2. The first-order valence-corrected chi connectivity index (χ1v) is 11.2. The van der Waals surface area contributed by atoms with E-state index in [0.29, 0.717) is 12.2 Å². The normalized spacial score (nSPS) is 23.0. The Morgan fingerprint density at radius 2 is 2.07 bits per heavy atom. The number of aromatic amines is 1. The van der Waals surface area contributed by atoms with Gasteiger partial charge in [-0.05, 0) is 38.0 Å². The van der Waals surface area contributed by atoms with Crippen molar-refractivity contribution >= 4 is 11.6 Å². The van der Waals surface area contributed by atoms with Crippen molar-refractivity contribution in [2.75, 3.05) is 19.6 Å². The van der Waals surface area contributed by atoms with Crippen LogP contribution in [0.15, 0.2) is 10.9 Å². The van der Waals surface area contributed by atoms with Gasteiger partial charge in [0.2, 0.25) is 5.91 Å². The highest BCUT2D eigenvalue weighted by Gasteiger charge is 2.32. The summed E-state index contributed by atoms with van der Waals surface area (Å²) in [6.07, 6.45) is 6.55. The molecular formula is C22H31N5O2. The number of fused-ring (bicyclic) bond motifs is 2. The van der Waals surface area contributed by atoms with Crippen molar-refractivity contribution in [3.05, 3.63) is 33.4 Å². The van der Waals surface area contributed by atoms with Gasteiger partial charge in [0.1, 0.15) is 0 Å². The van der Waals surface area contributed by atoms with Crippen LogP contribution in [-0.2, 0) is 17.8 Å². The standard InChI is InChI=1S/C22H31N5O2/c1-14(2)21(28)26-9-4-3-5-19(26)18-11-20-23-17-8-10-25(12-15-6-7-15)13-16(17)22(29)27(20)24-18/h11,14-15,19,24H,3-10,12-13H2,1-2H3. The number of likely N-dealkylation sites (tertiary alicyclic amines) is 1. The second-order valence-electron chi connectivity index (χ2n) is 9.37. The van der Waals surface area contributed by atoms with Gasteiger partial charge in [-0.25, -0.2) is 9.50 Å². The van der Waals surface area contributed by atoms with Gasteiger partial charge in [0.05, 0.1) is 23.0 Å². The minimum Gasteiger partial charge on any atom is -0.334 e. The lowest BCUT2D eigenvalue weighted by Crippen LogP contribution is -2.41. The van der Waals surface area contributed by atoms with Gasteiger partial charge in [0.25, 0.3) is 5.56 Å². The average molecular weight is 398 g/mol. The lowest BCUT2D eigenvalue weighted by molar-refractivity contribution is -0.138. The summed E-state index contributed by atoms with van der Waals surface area (Å²) in [5.74, 6) is 0.984. The van der Waals surface area contributed by atoms with Gasteiger partial charge in [0.15, 0.2) is 5.65 Å². The molecule has 0 spiro atoms. The first-order chi connectivity index (χ1) is 14.0. The summed E-state index contributed by atoms with van der Waals surface area (Å²) >= 11 is 0. The lowest BCUT2D eigenvalue weighted by atomic mass is 9.97. The van der Waals surface area contributed by atoms with E-state index in [2.05, 4.69) is 10.00 Å². The van der Waals surface area contributed by atoms with E-state index in [4.69, 9.17) is 4.98 Å². The van der Waals surface area contributed by atoms with E-state index in [0.717, 1.165) is 68.2 Å². The second-order valence-corrected chi connectivity index (χ2v) is 9.37. The van der Waals surface area contributed by atoms with E-state index in [9.17, 15) is 9.59 Å². The summed E-state index contributed by atoms with van der Waals surface area (Å²) < 4.78 is 1.60. The maximum Gasteiger partial charge on any atom is 0.277 e. The zero-order valence-electron chi connectivity index (χ0n) is 17.5. The molecule has 1 N–H and O–H groups in total. The summed E-state index contributed by atoms with van der Waals surface area (Å²) in [5, 5.41) is 3.30. The molecular weight excluding hydrogens is 366 g/mol. The molecule has 3 aliphatic rings. The van der Waals surface area contributed by atoms with Gasteiger partial charge >= 0.3 is 0 Å². The Morgan fingerprint density at radius 1 is 1.24 bits per heavy atom. The summed E-state index contributed by atoms with van der Waals surface area (Å²) in [7, 11) is 0. The number of rotatable bonds is 4. The molecule has 1 saturated carbocycles. The fourth-order valence-corrected chi connectivity index (χ4v) is 4.90. The molecule has 0 bridgehead atoms. The molecule has 5 rings (SSSR count). The highest BCUT2D eigenvalue weighted by molar-refractivity contribution is 5.78. The van der Waals surface area contributed by atoms with Crippen LogP contribution in [0.2, 0.25) is 0 Å². The largest absolute Gasteiger partial charge is 0.334 e. The molecule has 0 aromatic carbocycles. The first-order valence-electron chi connectivity index (χ1n) is 11.2. The Labute approximate surface area is 171 Å². The molecule has 0 radical (unpaired) electrons. The number of nitrogens with one attached hydrogen (secondary N) is 1. The van der Waals surface area contributed by atoms with E-state index in [1.807, 2.05) is 24.8 Å². The number of hydrogen-bond acceptors (Lipinski definition) is 4. The Kier molecular flexibility index (Phi) is 4.73. The monoisotopic (exact) mass is 397 g/mol. The molecule has 2 aromatic rings. The van der Waals surface area contributed by atoms with Gasteiger partial charge in [-0.15, -0.1) is 0 Å². The number of H-pyrrole nitrogens is 1. The van der Waals surface area contributed by atoms with Crippen LogP contribution in [0.3, 0.4) is 0 Å². The van der Waals surface area contributed by atoms with Crippen LogP contribution in [0.4, 0.5) is 0 Å². The molecule has 2 aromatic heterocycles. The second kappa shape index (κ2) is 7.27. The van der Waals surface area contributed by atoms with Gasteiger partial charge in [0, 0.05) is 44.6 Å². The van der Waals surface area contributed by atoms with Crippen LogP contribution in [0.25, 0.3) is 5.65 Å². The fraction of sp³-hybridized carbons (Fsp3) is 0.682. The number of carbonyl (C=O) groups is 1.